The van der Waals surface area contributed by atoms with Gasteiger partial charge < -0.3 is 10.0 Å². The molecule has 0 saturated carbocycles. The van der Waals surface area contributed by atoms with Crippen LogP contribution in [0.5, 0.6) is 0 Å². The van der Waals surface area contributed by atoms with Crippen molar-refractivity contribution in [2.45, 2.75) is 26.7 Å². The maximum Gasteiger partial charge on any atom is 0.335 e. The van der Waals surface area contributed by atoms with E-state index in [1.807, 2.05) is 36.9 Å². The molecule has 0 bridgehead atoms. The first-order valence-electron chi connectivity index (χ1n) is 8.62. The van der Waals surface area contributed by atoms with Gasteiger partial charge in [0.1, 0.15) is 0 Å². The standard InChI is InChI=1S/C21H23NO3/c1-14-8-15(2)10-19(9-14)20(23)22-7-6-17(13-22)11-16-4-3-5-18(12-16)21(24)25/h3-5,8-10,12,17H,6-7,11,13H2,1-2H3,(H,24,25)/t17-/m1/s1. The first-order valence-corrected chi connectivity index (χ1v) is 8.62. The second-order valence-corrected chi connectivity index (χ2v) is 6.99. The van der Waals surface area contributed by atoms with Crippen LogP contribution >= 0.6 is 0 Å². The quantitative estimate of drug-likeness (QED) is 0.925. The van der Waals surface area contributed by atoms with E-state index in [9.17, 15) is 9.59 Å². The number of carboxylic acid groups (broad SMARTS) is 1. The fourth-order valence-electron chi connectivity index (χ4n) is 3.63. The zero-order valence-electron chi connectivity index (χ0n) is 14.7. The molecule has 1 fully saturated rings. The normalized spacial score (nSPS) is 16.9. The Hall–Kier alpha value is -2.62. The summed E-state index contributed by atoms with van der Waals surface area (Å²) in [6.07, 6.45) is 1.76. The van der Waals surface area contributed by atoms with E-state index in [0.29, 0.717) is 11.5 Å². The Labute approximate surface area is 148 Å². The summed E-state index contributed by atoms with van der Waals surface area (Å²) in [7, 11) is 0. The third kappa shape index (κ3) is 4.08. The molecule has 0 radical (unpaired) electrons. The van der Waals surface area contributed by atoms with Crippen molar-refractivity contribution in [3.05, 3.63) is 70.3 Å². The third-order valence-electron chi connectivity index (χ3n) is 4.74. The molecule has 2 aromatic rings. The van der Waals surface area contributed by atoms with E-state index in [1.165, 1.54) is 0 Å². The second-order valence-electron chi connectivity index (χ2n) is 6.99. The highest BCUT2D eigenvalue weighted by Crippen LogP contribution is 2.23. The number of hydrogen-bond donors (Lipinski definition) is 1. The van der Waals surface area contributed by atoms with Gasteiger partial charge in [-0.05, 0) is 62.4 Å². The summed E-state index contributed by atoms with van der Waals surface area (Å²) in [6, 6.07) is 13.0. The van der Waals surface area contributed by atoms with E-state index < -0.39 is 5.97 Å². The molecule has 25 heavy (non-hydrogen) atoms. The maximum absolute atomic E-state index is 12.7. The molecule has 4 nitrogen and oxygen atoms in total. The molecule has 1 atom stereocenters. The van der Waals surface area contributed by atoms with Crippen LogP contribution in [-0.2, 0) is 6.42 Å². The minimum atomic E-state index is -0.903. The zero-order chi connectivity index (χ0) is 18.0. The Balaban J connectivity index is 1.66. The number of nitrogens with zero attached hydrogens (tertiary/aromatic N) is 1. The number of carbonyl (C=O) groups is 2. The Morgan fingerprint density at radius 1 is 1.08 bits per heavy atom. The summed E-state index contributed by atoms with van der Waals surface area (Å²) in [5, 5.41) is 9.10. The Morgan fingerprint density at radius 2 is 1.80 bits per heavy atom. The molecule has 130 valence electrons. The van der Waals surface area contributed by atoms with Crippen LogP contribution in [0.15, 0.2) is 42.5 Å². The average Bonchev–Trinajstić information content (AvgIpc) is 3.02. The van der Waals surface area contributed by atoms with Crippen LogP contribution in [0.3, 0.4) is 0 Å². The molecule has 0 unspecified atom stereocenters. The van der Waals surface area contributed by atoms with Gasteiger partial charge in [0.25, 0.3) is 5.91 Å². The summed E-state index contributed by atoms with van der Waals surface area (Å²) < 4.78 is 0. The van der Waals surface area contributed by atoms with Crippen LogP contribution in [0.4, 0.5) is 0 Å². The average molecular weight is 337 g/mol. The molecule has 0 aromatic heterocycles. The molecule has 1 heterocycles. The van der Waals surface area contributed by atoms with Crippen molar-refractivity contribution in [3.8, 4) is 0 Å². The van der Waals surface area contributed by atoms with Crippen LogP contribution in [0.2, 0.25) is 0 Å². The van der Waals surface area contributed by atoms with E-state index in [-0.39, 0.29) is 5.91 Å². The van der Waals surface area contributed by atoms with Crippen LogP contribution in [-0.4, -0.2) is 35.0 Å². The smallest absolute Gasteiger partial charge is 0.335 e. The first-order chi connectivity index (χ1) is 11.9. The SMILES string of the molecule is Cc1cc(C)cc(C(=O)N2CC[C@H](Cc3cccc(C(=O)O)c3)C2)c1. The number of hydrogen-bond acceptors (Lipinski definition) is 2. The lowest BCUT2D eigenvalue weighted by Crippen LogP contribution is -2.29. The van der Waals surface area contributed by atoms with Gasteiger partial charge in [-0.3, -0.25) is 4.79 Å². The molecule has 1 aliphatic rings. The van der Waals surface area contributed by atoms with E-state index in [2.05, 4.69) is 6.07 Å². The summed E-state index contributed by atoms with van der Waals surface area (Å²) in [5.41, 5.74) is 4.30. The van der Waals surface area contributed by atoms with Gasteiger partial charge in [0.05, 0.1) is 5.56 Å². The molecule has 0 aliphatic carbocycles. The van der Waals surface area contributed by atoms with Gasteiger partial charge in [0, 0.05) is 18.7 Å². The number of carboxylic acids is 1. The van der Waals surface area contributed by atoms with E-state index in [1.54, 1.807) is 18.2 Å². The number of amides is 1. The molecule has 1 saturated heterocycles. The van der Waals surface area contributed by atoms with E-state index in [4.69, 9.17) is 5.11 Å². The molecule has 4 heteroatoms. The monoisotopic (exact) mass is 337 g/mol. The van der Waals surface area contributed by atoms with Crippen molar-refractivity contribution in [1.29, 1.82) is 0 Å². The largest absolute Gasteiger partial charge is 0.478 e. The van der Waals surface area contributed by atoms with Crippen molar-refractivity contribution >= 4 is 11.9 Å². The number of likely N-dealkylation sites (tertiary alicyclic amines) is 1. The highest BCUT2D eigenvalue weighted by atomic mass is 16.4. The number of aromatic carboxylic acids is 1. The van der Waals surface area contributed by atoms with Gasteiger partial charge in [-0.1, -0.05) is 29.3 Å². The summed E-state index contributed by atoms with van der Waals surface area (Å²) in [6.45, 7) is 5.50. The number of benzene rings is 2. The predicted octanol–water partition coefficient (Wildman–Crippen LogP) is 3.71. The maximum atomic E-state index is 12.7. The third-order valence-corrected chi connectivity index (χ3v) is 4.74. The van der Waals surface area contributed by atoms with Gasteiger partial charge in [-0.2, -0.15) is 0 Å². The van der Waals surface area contributed by atoms with Crippen LogP contribution in [0.25, 0.3) is 0 Å². The van der Waals surface area contributed by atoms with Crippen LogP contribution in [0, 0.1) is 19.8 Å². The summed E-state index contributed by atoms with van der Waals surface area (Å²) in [4.78, 5) is 25.7. The fourth-order valence-corrected chi connectivity index (χ4v) is 3.63. The minimum absolute atomic E-state index is 0.0913. The molecule has 0 spiro atoms. The van der Waals surface area contributed by atoms with Crippen molar-refractivity contribution < 1.29 is 14.7 Å². The Morgan fingerprint density at radius 3 is 2.48 bits per heavy atom. The summed E-state index contributed by atoms with van der Waals surface area (Å²) in [5.74, 6) is -0.438. The fraction of sp³-hybridized carbons (Fsp3) is 0.333. The topological polar surface area (TPSA) is 57.6 Å². The molecule has 1 aliphatic heterocycles. The Kier molecular flexibility index (Phi) is 4.88. The van der Waals surface area contributed by atoms with Crippen molar-refractivity contribution in [1.82, 2.24) is 4.90 Å². The van der Waals surface area contributed by atoms with Crippen molar-refractivity contribution in [2.75, 3.05) is 13.1 Å². The van der Waals surface area contributed by atoms with E-state index >= 15 is 0 Å². The first kappa shape index (κ1) is 17.2. The lowest BCUT2D eigenvalue weighted by atomic mass is 9.97. The van der Waals surface area contributed by atoms with E-state index in [0.717, 1.165) is 48.2 Å². The molecule has 3 rings (SSSR count). The number of aryl methyl sites for hydroxylation is 2. The number of rotatable bonds is 4. The minimum Gasteiger partial charge on any atom is -0.478 e. The summed E-state index contributed by atoms with van der Waals surface area (Å²) >= 11 is 0. The number of carbonyl (C=O) groups excluding carboxylic acids is 1. The zero-order valence-corrected chi connectivity index (χ0v) is 14.7. The predicted molar refractivity (Wildman–Crippen MR) is 97.0 cm³/mol. The second kappa shape index (κ2) is 7.09. The molecular weight excluding hydrogens is 314 g/mol. The molecule has 2 aromatic carbocycles. The Bertz CT molecular complexity index is 792. The van der Waals surface area contributed by atoms with Crippen molar-refractivity contribution in [3.63, 3.8) is 0 Å². The molecule has 1 N–H and O–H groups in total. The lowest BCUT2D eigenvalue weighted by Gasteiger charge is -2.17. The van der Waals surface area contributed by atoms with Crippen LogP contribution < -0.4 is 0 Å². The highest BCUT2D eigenvalue weighted by Gasteiger charge is 2.27. The van der Waals surface area contributed by atoms with Gasteiger partial charge >= 0.3 is 5.97 Å². The van der Waals surface area contributed by atoms with Crippen LogP contribution in [0.1, 0.15) is 43.8 Å². The van der Waals surface area contributed by atoms with Gasteiger partial charge in [0.15, 0.2) is 0 Å². The lowest BCUT2D eigenvalue weighted by molar-refractivity contribution is 0.0696. The van der Waals surface area contributed by atoms with Gasteiger partial charge in [-0.25, -0.2) is 4.79 Å². The van der Waals surface area contributed by atoms with Crippen molar-refractivity contribution in [2.24, 2.45) is 5.92 Å². The molecular formula is C21H23NO3. The van der Waals surface area contributed by atoms with Gasteiger partial charge in [-0.15, -0.1) is 0 Å². The molecule has 1 amide bonds. The highest BCUT2D eigenvalue weighted by molar-refractivity contribution is 5.94. The van der Waals surface area contributed by atoms with Gasteiger partial charge in [0.2, 0.25) is 0 Å².